The maximum atomic E-state index is 13.4. The molecule has 1 aliphatic rings. The molecule has 0 spiro atoms. The Morgan fingerprint density at radius 2 is 2.06 bits per heavy atom. The van der Waals surface area contributed by atoms with Crippen LogP contribution in [0.15, 0.2) is 38.7 Å². The van der Waals surface area contributed by atoms with Gasteiger partial charge in [0.25, 0.3) is 5.56 Å². The van der Waals surface area contributed by atoms with Crippen LogP contribution in [0.2, 0.25) is 0 Å². The molecule has 3 heterocycles. The molecule has 9 heteroatoms. The Morgan fingerprint density at radius 1 is 1.25 bits per heavy atom. The fraction of sp³-hybridized carbons (Fsp3) is 0.565. The minimum Gasteiger partial charge on any atom is -0.467 e. The molecule has 1 fully saturated rings. The molecule has 3 aromatic rings. The third-order valence-electron chi connectivity index (χ3n) is 6.38. The van der Waals surface area contributed by atoms with Gasteiger partial charge in [0.15, 0.2) is 11.2 Å². The first-order chi connectivity index (χ1) is 15.5. The van der Waals surface area contributed by atoms with E-state index in [-0.39, 0.29) is 18.5 Å². The highest BCUT2D eigenvalue weighted by Gasteiger charge is 2.24. The summed E-state index contributed by atoms with van der Waals surface area (Å²) in [5.74, 6) is 0.759. The van der Waals surface area contributed by atoms with Gasteiger partial charge >= 0.3 is 5.69 Å². The van der Waals surface area contributed by atoms with Crippen LogP contribution >= 0.6 is 0 Å². The number of hydrogen-bond acceptors (Lipinski definition) is 5. The molecule has 0 saturated heterocycles. The number of hydrogen-bond donors (Lipinski definition) is 1. The molecule has 2 atom stereocenters. The minimum atomic E-state index is -0.506. The number of imidazole rings is 1. The Hall–Kier alpha value is -3.10. The first-order valence-electron chi connectivity index (χ1n) is 11.5. The predicted octanol–water partition coefficient (Wildman–Crippen LogP) is 2.50. The van der Waals surface area contributed by atoms with E-state index in [9.17, 15) is 14.4 Å². The fourth-order valence-electron chi connectivity index (χ4n) is 4.51. The summed E-state index contributed by atoms with van der Waals surface area (Å²) in [6.45, 7) is 4.62. The van der Waals surface area contributed by atoms with Gasteiger partial charge in [0, 0.05) is 12.6 Å². The van der Waals surface area contributed by atoms with E-state index < -0.39 is 11.2 Å². The number of amides is 1. The number of carbonyl (C=O) groups excluding carboxylic acids is 1. The van der Waals surface area contributed by atoms with Crippen molar-refractivity contribution in [1.29, 1.82) is 0 Å². The smallest absolute Gasteiger partial charge is 0.333 e. The lowest BCUT2D eigenvalue weighted by molar-refractivity contribution is -0.123. The van der Waals surface area contributed by atoms with Crippen molar-refractivity contribution >= 4 is 17.1 Å². The van der Waals surface area contributed by atoms with Crippen molar-refractivity contribution in [3.63, 3.8) is 0 Å². The van der Waals surface area contributed by atoms with Crippen molar-refractivity contribution in [3.8, 4) is 0 Å². The van der Waals surface area contributed by atoms with E-state index in [1.165, 1.54) is 11.0 Å². The molecular formula is C23H31N5O4. The van der Waals surface area contributed by atoms with Crippen molar-refractivity contribution in [3.05, 3.63) is 51.3 Å². The molecule has 1 amide bonds. The van der Waals surface area contributed by atoms with Crippen molar-refractivity contribution in [2.24, 2.45) is 5.92 Å². The Kier molecular flexibility index (Phi) is 6.62. The molecule has 1 saturated carbocycles. The number of aryl methyl sites for hydroxylation is 1. The number of nitrogens with one attached hydrogen (secondary N) is 1. The van der Waals surface area contributed by atoms with Crippen LogP contribution in [-0.2, 0) is 24.4 Å². The topological polar surface area (TPSA) is 104 Å². The Balaban J connectivity index is 1.71. The minimum absolute atomic E-state index is 0.0856. The maximum Gasteiger partial charge on any atom is 0.333 e. The summed E-state index contributed by atoms with van der Waals surface area (Å²) in [6, 6.07) is 3.68. The van der Waals surface area contributed by atoms with Gasteiger partial charge in [-0.1, -0.05) is 33.1 Å². The number of rotatable bonds is 8. The van der Waals surface area contributed by atoms with Gasteiger partial charge in [-0.3, -0.25) is 14.2 Å². The third kappa shape index (κ3) is 4.42. The number of nitrogens with zero attached hydrogens (tertiary/aromatic N) is 4. The van der Waals surface area contributed by atoms with Gasteiger partial charge in [-0.15, -0.1) is 0 Å². The second-order valence-electron chi connectivity index (χ2n) is 8.74. The molecule has 0 radical (unpaired) electrons. The summed E-state index contributed by atoms with van der Waals surface area (Å²) in [5, 5.41) is 3.04. The van der Waals surface area contributed by atoms with Crippen molar-refractivity contribution in [2.45, 2.75) is 78.0 Å². The Labute approximate surface area is 186 Å². The molecule has 32 heavy (non-hydrogen) atoms. The van der Waals surface area contributed by atoms with Gasteiger partial charge in [0.05, 0.1) is 19.1 Å². The highest BCUT2D eigenvalue weighted by atomic mass is 16.3. The quantitative estimate of drug-likeness (QED) is 0.578. The second kappa shape index (κ2) is 9.58. The van der Waals surface area contributed by atoms with Crippen LogP contribution in [0.5, 0.6) is 0 Å². The lowest BCUT2D eigenvalue weighted by atomic mass is 9.86. The third-order valence-corrected chi connectivity index (χ3v) is 6.38. The van der Waals surface area contributed by atoms with Crippen LogP contribution in [0.3, 0.4) is 0 Å². The van der Waals surface area contributed by atoms with E-state index in [2.05, 4.69) is 17.2 Å². The lowest BCUT2D eigenvalue weighted by Crippen LogP contribution is -2.47. The molecule has 2 unspecified atom stereocenters. The summed E-state index contributed by atoms with van der Waals surface area (Å²) in [7, 11) is 0. The summed E-state index contributed by atoms with van der Waals surface area (Å²) < 4.78 is 9.64. The summed E-state index contributed by atoms with van der Waals surface area (Å²) in [6.07, 6.45) is 9.03. The molecule has 0 bridgehead atoms. The van der Waals surface area contributed by atoms with Crippen LogP contribution in [-0.4, -0.2) is 30.6 Å². The zero-order valence-corrected chi connectivity index (χ0v) is 18.7. The monoisotopic (exact) mass is 441 g/mol. The van der Waals surface area contributed by atoms with Crippen molar-refractivity contribution < 1.29 is 9.21 Å². The van der Waals surface area contributed by atoms with Crippen molar-refractivity contribution in [2.75, 3.05) is 0 Å². The standard InChI is InChI=1S/C23H31N5O4/c1-3-4-11-27-21-20(26(15-24-21)13-17-9-7-12-32-17)22(30)28(23(27)31)14-19(29)25-18-10-6-5-8-16(18)2/h7,9,12,15-16,18H,3-6,8,10-11,13-14H2,1-2H3,(H,25,29). The predicted molar refractivity (Wildman–Crippen MR) is 121 cm³/mol. The van der Waals surface area contributed by atoms with Crippen LogP contribution in [0.4, 0.5) is 0 Å². The summed E-state index contributed by atoms with van der Waals surface area (Å²) in [4.78, 5) is 43.7. The molecule has 0 aromatic carbocycles. The highest BCUT2D eigenvalue weighted by Crippen LogP contribution is 2.23. The summed E-state index contributed by atoms with van der Waals surface area (Å²) in [5.41, 5.74) is -0.354. The van der Waals surface area contributed by atoms with Crippen LogP contribution in [0.1, 0.15) is 58.1 Å². The Bertz CT molecular complexity index is 1190. The first-order valence-corrected chi connectivity index (χ1v) is 11.5. The van der Waals surface area contributed by atoms with Crippen LogP contribution in [0, 0.1) is 5.92 Å². The number of aromatic nitrogens is 4. The molecule has 4 rings (SSSR count). The van der Waals surface area contributed by atoms with Gasteiger partial charge in [-0.05, 0) is 37.3 Å². The molecule has 9 nitrogen and oxygen atoms in total. The highest BCUT2D eigenvalue weighted by molar-refractivity contribution is 5.77. The van der Waals surface area contributed by atoms with E-state index in [1.54, 1.807) is 23.2 Å². The fourth-order valence-corrected chi connectivity index (χ4v) is 4.51. The van der Waals surface area contributed by atoms with Gasteiger partial charge in [0.2, 0.25) is 5.91 Å². The number of unbranched alkanes of at least 4 members (excludes halogenated alkanes) is 1. The van der Waals surface area contributed by atoms with Crippen LogP contribution in [0.25, 0.3) is 11.2 Å². The number of carbonyl (C=O) groups is 1. The molecule has 3 aromatic heterocycles. The molecular weight excluding hydrogens is 410 g/mol. The van der Waals surface area contributed by atoms with Crippen molar-refractivity contribution in [1.82, 2.24) is 24.0 Å². The van der Waals surface area contributed by atoms with Gasteiger partial charge in [0.1, 0.15) is 12.3 Å². The van der Waals surface area contributed by atoms with E-state index in [0.29, 0.717) is 35.9 Å². The van der Waals surface area contributed by atoms with E-state index in [0.717, 1.165) is 36.7 Å². The SMILES string of the molecule is CCCCn1c(=O)n(CC(=O)NC2CCCCC2C)c(=O)c2c1ncn2Cc1ccco1. The van der Waals surface area contributed by atoms with E-state index in [4.69, 9.17) is 4.42 Å². The molecule has 1 N–H and O–H groups in total. The van der Waals surface area contributed by atoms with Gasteiger partial charge < -0.3 is 14.3 Å². The number of furan rings is 1. The number of fused-ring (bicyclic) bond motifs is 1. The zero-order valence-electron chi connectivity index (χ0n) is 18.7. The van der Waals surface area contributed by atoms with E-state index in [1.807, 2.05) is 13.0 Å². The largest absolute Gasteiger partial charge is 0.467 e. The average molecular weight is 442 g/mol. The second-order valence-corrected chi connectivity index (χ2v) is 8.74. The molecule has 0 aliphatic heterocycles. The maximum absolute atomic E-state index is 13.4. The Morgan fingerprint density at radius 3 is 2.78 bits per heavy atom. The van der Waals surface area contributed by atoms with Gasteiger partial charge in [-0.25, -0.2) is 14.3 Å². The van der Waals surface area contributed by atoms with Crippen LogP contribution < -0.4 is 16.6 Å². The summed E-state index contributed by atoms with van der Waals surface area (Å²) >= 11 is 0. The normalized spacial score (nSPS) is 18.8. The lowest BCUT2D eigenvalue weighted by Gasteiger charge is -2.29. The molecule has 1 aliphatic carbocycles. The van der Waals surface area contributed by atoms with Gasteiger partial charge in [-0.2, -0.15) is 0 Å². The first kappa shape index (κ1) is 22.1. The zero-order chi connectivity index (χ0) is 22.7. The molecule has 172 valence electrons. The average Bonchev–Trinajstić information content (AvgIpc) is 3.43. The van der Waals surface area contributed by atoms with E-state index >= 15 is 0 Å².